The Morgan fingerprint density at radius 2 is 2.05 bits per heavy atom. The van der Waals surface area contributed by atoms with Crippen LogP contribution in [0.2, 0.25) is 5.02 Å². The SMILES string of the molecule is CC(=O)O[C@@H]1S[C@H](COC(=O)c2ccc(Cl)cc2)C[C@@H]1F. The molecule has 0 spiro atoms. The quantitative estimate of drug-likeness (QED) is 0.792. The van der Waals surface area contributed by atoms with Gasteiger partial charge in [0.2, 0.25) is 0 Å². The van der Waals surface area contributed by atoms with Crippen LogP contribution in [0.25, 0.3) is 0 Å². The van der Waals surface area contributed by atoms with Crippen LogP contribution in [0.4, 0.5) is 4.39 Å². The standard InChI is InChI=1S/C14H14ClFO4S/c1-8(17)20-14-12(16)6-11(21-14)7-19-13(18)9-2-4-10(15)5-3-9/h2-5,11-12,14H,6-7H2,1H3/t11-,12-,14+/m0/s1. The minimum absolute atomic E-state index is 0.0737. The van der Waals surface area contributed by atoms with E-state index >= 15 is 0 Å². The molecule has 0 bridgehead atoms. The van der Waals surface area contributed by atoms with Gasteiger partial charge in [-0.05, 0) is 30.7 Å². The first-order valence-corrected chi connectivity index (χ1v) is 7.67. The molecule has 21 heavy (non-hydrogen) atoms. The Bertz CT molecular complexity index is 522. The molecule has 7 heteroatoms. The predicted molar refractivity (Wildman–Crippen MR) is 78.2 cm³/mol. The summed E-state index contributed by atoms with van der Waals surface area (Å²) in [4.78, 5) is 22.6. The maximum Gasteiger partial charge on any atom is 0.338 e. The maximum absolute atomic E-state index is 13.6. The van der Waals surface area contributed by atoms with Crippen LogP contribution in [0.3, 0.4) is 0 Å². The lowest BCUT2D eigenvalue weighted by Crippen LogP contribution is -2.18. The second-order valence-corrected chi connectivity index (χ2v) is 6.43. The van der Waals surface area contributed by atoms with Crippen molar-refractivity contribution in [2.24, 2.45) is 0 Å². The van der Waals surface area contributed by atoms with Crippen molar-refractivity contribution in [2.75, 3.05) is 6.61 Å². The van der Waals surface area contributed by atoms with Gasteiger partial charge >= 0.3 is 11.9 Å². The Morgan fingerprint density at radius 3 is 2.67 bits per heavy atom. The minimum atomic E-state index is -1.24. The van der Waals surface area contributed by atoms with Crippen molar-refractivity contribution in [3.05, 3.63) is 34.9 Å². The molecule has 1 aromatic carbocycles. The van der Waals surface area contributed by atoms with Gasteiger partial charge in [0.1, 0.15) is 12.8 Å². The number of benzene rings is 1. The zero-order valence-electron chi connectivity index (χ0n) is 11.3. The third kappa shape index (κ3) is 4.61. The first kappa shape index (κ1) is 16.1. The second kappa shape index (κ2) is 7.13. The van der Waals surface area contributed by atoms with Crippen molar-refractivity contribution in [3.63, 3.8) is 0 Å². The number of carbonyl (C=O) groups excluding carboxylic acids is 2. The van der Waals surface area contributed by atoms with Gasteiger partial charge in [0.25, 0.3) is 0 Å². The zero-order chi connectivity index (χ0) is 15.4. The summed E-state index contributed by atoms with van der Waals surface area (Å²) in [6.07, 6.45) is -1.05. The van der Waals surface area contributed by atoms with Gasteiger partial charge < -0.3 is 9.47 Å². The lowest BCUT2D eigenvalue weighted by molar-refractivity contribution is -0.144. The predicted octanol–water partition coefficient (Wildman–Crippen LogP) is 3.23. The third-order valence-electron chi connectivity index (χ3n) is 2.87. The number of halogens is 2. The molecule has 0 radical (unpaired) electrons. The number of thioether (sulfide) groups is 1. The molecule has 1 aliphatic heterocycles. The van der Waals surface area contributed by atoms with E-state index < -0.39 is 23.5 Å². The van der Waals surface area contributed by atoms with Gasteiger partial charge in [0, 0.05) is 17.2 Å². The first-order chi connectivity index (χ1) is 9.95. The molecule has 1 saturated heterocycles. The van der Waals surface area contributed by atoms with Crippen molar-refractivity contribution in [2.45, 2.75) is 30.2 Å². The van der Waals surface area contributed by atoms with E-state index in [-0.39, 0.29) is 18.3 Å². The van der Waals surface area contributed by atoms with E-state index in [4.69, 9.17) is 21.1 Å². The fourth-order valence-electron chi connectivity index (χ4n) is 1.90. The highest BCUT2D eigenvalue weighted by atomic mass is 35.5. The molecule has 0 aliphatic carbocycles. The molecule has 1 aromatic rings. The summed E-state index contributed by atoms with van der Waals surface area (Å²) in [7, 11) is 0. The summed E-state index contributed by atoms with van der Waals surface area (Å²) in [6, 6.07) is 6.31. The maximum atomic E-state index is 13.6. The van der Waals surface area contributed by atoms with Gasteiger partial charge in [0.05, 0.1) is 5.56 Å². The first-order valence-electron chi connectivity index (χ1n) is 6.35. The number of carbonyl (C=O) groups is 2. The topological polar surface area (TPSA) is 52.6 Å². The number of hydrogen-bond acceptors (Lipinski definition) is 5. The molecule has 0 amide bonds. The van der Waals surface area contributed by atoms with E-state index in [1.54, 1.807) is 24.3 Å². The van der Waals surface area contributed by atoms with Crippen molar-refractivity contribution < 1.29 is 23.5 Å². The van der Waals surface area contributed by atoms with Gasteiger partial charge in [-0.25, -0.2) is 9.18 Å². The number of ether oxygens (including phenoxy) is 2. The molecule has 0 saturated carbocycles. The lowest BCUT2D eigenvalue weighted by Gasteiger charge is -2.12. The second-order valence-electron chi connectivity index (χ2n) is 4.59. The number of rotatable bonds is 4. The molecule has 0 unspecified atom stereocenters. The van der Waals surface area contributed by atoms with Crippen LogP contribution < -0.4 is 0 Å². The largest absolute Gasteiger partial charge is 0.461 e. The zero-order valence-corrected chi connectivity index (χ0v) is 12.8. The minimum Gasteiger partial charge on any atom is -0.461 e. The molecule has 4 nitrogen and oxygen atoms in total. The van der Waals surface area contributed by atoms with Gasteiger partial charge in [-0.15, -0.1) is 11.8 Å². The Balaban J connectivity index is 1.82. The molecular weight excluding hydrogens is 319 g/mol. The number of hydrogen-bond donors (Lipinski definition) is 0. The summed E-state index contributed by atoms with van der Waals surface area (Å²) in [5.41, 5.74) is -0.433. The van der Waals surface area contributed by atoms with Crippen molar-refractivity contribution >= 4 is 35.3 Å². The molecular formula is C14H14ClFO4S. The van der Waals surface area contributed by atoms with Crippen molar-refractivity contribution in [1.82, 2.24) is 0 Å². The Labute approximate surface area is 130 Å². The van der Waals surface area contributed by atoms with Crippen molar-refractivity contribution in [3.8, 4) is 0 Å². The van der Waals surface area contributed by atoms with Crippen LogP contribution in [0.5, 0.6) is 0 Å². The fraction of sp³-hybridized carbons (Fsp3) is 0.429. The third-order valence-corrected chi connectivity index (χ3v) is 4.50. The number of alkyl halides is 1. The van der Waals surface area contributed by atoms with Gasteiger partial charge in [0.15, 0.2) is 5.44 Å². The molecule has 0 N–H and O–H groups in total. The van der Waals surface area contributed by atoms with E-state index in [0.717, 1.165) is 0 Å². The van der Waals surface area contributed by atoms with Crippen LogP contribution in [0, 0.1) is 0 Å². The molecule has 3 atom stereocenters. The highest BCUT2D eigenvalue weighted by Gasteiger charge is 2.38. The van der Waals surface area contributed by atoms with Crippen LogP contribution >= 0.6 is 23.4 Å². The van der Waals surface area contributed by atoms with Crippen LogP contribution in [-0.4, -0.2) is 35.4 Å². The molecule has 0 aromatic heterocycles. The van der Waals surface area contributed by atoms with E-state index in [9.17, 15) is 14.0 Å². The monoisotopic (exact) mass is 332 g/mol. The average molecular weight is 333 g/mol. The molecule has 2 rings (SSSR count). The van der Waals surface area contributed by atoms with E-state index in [2.05, 4.69) is 0 Å². The van der Waals surface area contributed by atoms with Crippen molar-refractivity contribution in [1.29, 1.82) is 0 Å². The summed E-state index contributed by atoms with van der Waals surface area (Å²) in [5.74, 6) is -1.01. The normalized spacial score (nSPS) is 24.6. The highest BCUT2D eigenvalue weighted by molar-refractivity contribution is 8.00. The van der Waals surface area contributed by atoms with Gasteiger partial charge in [-0.2, -0.15) is 0 Å². The number of esters is 2. The van der Waals surface area contributed by atoms with Crippen LogP contribution in [0.1, 0.15) is 23.7 Å². The summed E-state index contributed by atoms with van der Waals surface area (Å²) in [6.45, 7) is 1.31. The van der Waals surface area contributed by atoms with E-state index in [1.165, 1.54) is 18.7 Å². The summed E-state index contributed by atoms with van der Waals surface area (Å²) in [5, 5.41) is 0.308. The molecule has 1 heterocycles. The van der Waals surface area contributed by atoms with E-state index in [0.29, 0.717) is 10.6 Å². The fourth-order valence-corrected chi connectivity index (χ4v) is 3.32. The Hall–Kier alpha value is -1.27. The van der Waals surface area contributed by atoms with Gasteiger partial charge in [-0.3, -0.25) is 4.79 Å². The van der Waals surface area contributed by atoms with Gasteiger partial charge in [-0.1, -0.05) is 11.6 Å². The smallest absolute Gasteiger partial charge is 0.338 e. The lowest BCUT2D eigenvalue weighted by atomic mass is 10.2. The average Bonchev–Trinajstić information content (AvgIpc) is 2.77. The summed E-state index contributed by atoms with van der Waals surface area (Å²) < 4.78 is 23.6. The van der Waals surface area contributed by atoms with Crippen LogP contribution in [-0.2, 0) is 14.3 Å². The highest BCUT2D eigenvalue weighted by Crippen LogP contribution is 2.37. The molecule has 114 valence electrons. The Morgan fingerprint density at radius 1 is 1.38 bits per heavy atom. The molecule has 1 fully saturated rings. The Kier molecular flexibility index (Phi) is 5.47. The molecule has 1 aliphatic rings. The van der Waals surface area contributed by atoms with Crippen LogP contribution in [0.15, 0.2) is 24.3 Å². The summed E-state index contributed by atoms with van der Waals surface area (Å²) >= 11 is 6.90. The van der Waals surface area contributed by atoms with E-state index in [1.807, 2.05) is 0 Å².